The summed E-state index contributed by atoms with van der Waals surface area (Å²) < 4.78 is 17.0. The molecule has 4 aliphatic heterocycles. The van der Waals surface area contributed by atoms with Gasteiger partial charge in [0.15, 0.2) is 0 Å². The maximum absolute atomic E-state index is 14.0. The normalized spacial score (nSPS) is 34.0. The summed E-state index contributed by atoms with van der Waals surface area (Å²) >= 11 is 0. The second-order valence-electron chi connectivity index (χ2n) is 9.77. The number of fused-ring (bicyclic) bond motifs is 2. The van der Waals surface area contributed by atoms with Crippen molar-refractivity contribution in [3.63, 3.8) is 0 Å². The molecule has 1 spiro atoms. The molecule has 9 nitrogen and oxygen atoms in total. The summed E-state index contributed by atoms with van der Waals surface area (Å²) in [6, 6.07) is 8.91. The maximum Gasteiger partial charge on any atom is 0.338 e. The van der Waals surface area contributed by atoms with E-state index in [9.17, 15) is 19.2 Å². The van der Waals surface area contributed by atoms with Crippen LogP contribution in [0.3, 0.4) is 0 Å². The summed E-state index contributed by atoms with van der Waals surface area (Å²) in [5.41, 5.74) is -0.318. The van der Waals surface area contributed by atoms with Crippen LogP contribution < -0.4 is 5.32 Å². The first-order chi connectivity index (χ1) is 17.4. The molecular weight excluding hydrogens is 464 g/mol. The smallest absolute Gasteiger partial charge is 0.338 e. The van der Waals surface area contributed by atoms with E-state index >= 15 is 0 Å². The summed E-state index contributed by atoms with van der Waals surface area (Å²) in [7, 11) is 0. The zero-order valence-electron chi connectivity index (χ0n) is 19.9. The Kier molecular flexibility index (Phi) is 5.15. The van der Waals surface area contributed by atoms with Crippen molar-refractivity contribution < 1.29 is 33.1 Å². The average molecular weight is 491 g/mol. The Morgan fingerprint density at radius 3 is 2.81 bits per heavy atom. The van der Waals surface area contributed by atoms with E-state index in [1.165, 1.54) is 6.26 Å². The minimum atomic E-state index is -1.06. The number of Topliss-reactive ketones (excluding diaryl/α,β-unsaturated/α-hetero) is 1. The summed E-state index contributed by atoms with van der Waals surface area (Å²) in [6.07, 6.45) is 4.78. The number of piperidine rings is 1. The number of rotatable bonds is 5. The Labute approximate surface area is 207 Å². The topological polar surface area (TPSA) is 115 Å². The van der Waals surface area contributed by atoms with Gasteiger partial charge in [0, 0.05) is 18.0 Å². The van der Waals surface area contributed by atoms with Crippen LogP contribution in [-0.4, -0.2) is 52.8 Å². The zero-order valence-corrected chi connectivity index (χ0v) is 19.9. The molecule has 186 valence electrons. The fourth-order valence-electron chi connectivity index (χ4n) is 6.43. The third kappa shape index (κ3) is 3.12. The number of nitrogens with one attached hydrogen (secondary N) is 1. The van der Waals surface area contributed by atoms with Gasteiger partial charge in [-0.3, -0.25) is 14.4 Å². The van der Waals surface area contributed by atoms with Crippen molar-refractivity contribution in [1.82, 2.24) is 4.90 Å². The lowest BCUT2D eigenvalue weighted by Gasteiger charge is -2.43. The molecule has 4 aliphatic rings. The van der Waals surface area contributed by atoms with Gasteiger partial charge >= 0.3 is 5.97 Å². The van der Waals surface area contributed by atoms with Crippen molar-refractivity contribution in [3.8, 4) is 0 Å². The van der Waals surface area contributed by atoms with Gasteiger partial charge in [0.1, 0.15) is 17.1 Å². The lowest BCUT2D eigenvalue weighted by molar-refractivity contribution is -0.147. The van der Waals surface area contributed by atoms with Gasteiger partial charge in [-0.1, -0.05) is 25.1 Å². The van der Waals surface area contributed by atoms with Gasteiger partial charge in [0.25, 0.3) is 0 Å². The molecule has 3 fully saturated rings. The maximum atomic E-state index is 14.0. The van der Waals surface area contributed by atoms with Crippen molar-refractivity contribution >= 4 is 29.3 Å². The number of hydrogen-bond donors (Lipinski definition) is 1. The number of amides is 2. The molecule has 1 aromatic heterocycles. The van der Waals surface area contributed by atoms with E-state index in [0.29, 0.717) is 17.0 Å². The number of ketones is 1. The van der Waals surface area contributed by atoms with Crippen LogP contribution in [0.5, 0.6) is 0 Å². The first-order valence-electron chi connectivity index (χ1n) is 12.2. The molecule has 2 aromatic rings. The molecule has 36 heavy (non-hydrogen) atoms. The number of furan rings is 1. The second-order valence-corrected chi connectivity index (χ2v) is 9.77. The van der Waals surface area contributed by atoms with Crippen LogP contribution >= 0.6 is 0 Å². The number of ether oxygens (including phenoxy) is 2. The highest BCUT2D eigenvalue weighted by Crippen LogP contribution is 2.60. The lowest BCUT2D eigenvalue weighted by Crippen LogP contribution is -2.55. The van der Waals surface area contributed by atoms with E-state index in [-0.39, 0.29) is 30.6 Å². The molecule has 9 heteroatoms. The number of carbonyl (C=O) groups excluding carboxylic acids is 4. The van der Waals surface area contributed by atoms with Crippen molar-refractivity contribution in [2.45, 2.75) is 44.1 Å². The van der Waals surface area contributed by atoms with Gasteiger partial charge in [-0.05, 0) is 37.3 Å². The van der Waals surface area contributed by atoms with E-state index in [1.807, 2.05) is 19.1 Å². The molecule has 2 bridgehead atoms. The van der Waals surface area contributed by atoms with Crippen LogP contribution in [0.4, 0.5) is 5.69 Å². The summed E-state index contributed by atoms with van der Waals surface area (Å²) in [5, 5.41) is 2.86. The van der Waals surface area contributed by atoms with Gasteiger partial charge in [-0.15, -0.1) is 0 Å². The quantitative estimate of drug-likeness (QED) is 0.506. The number of esters is 1. The first kappa shape index (κ1) is 22.7. The molecule has 3 saturated heterocycles. The van der Waals surface area contributed by atoms with Crippen LogP contribution in [0.2, 0.25) is 0 Å². The van der Waals surface area contributed by atoms with Gasteiger partial charge < -0.3 is 24.1 Å². The van der Waals surface area contributed by atoms with Crippen molar-refractivity contribution in [3.05, 3.63) is 66.1 Å². The van der Waals surface area contributed by atoms with E-state index in [1.54, 1.807) is 48.2 Å². The molecular formula is C27H26N2O7. The van der Waals surface area contributed by atoms with Crippen LogP contribution in [0.15, 0.2) is 59.2 Å². The minimum Gasteiger partial charge on any atom is -0.467 e. The Hall–Kier alpha value is -3.72. The standard InChI is InChI=1S/C27H26N2O7/c1-3-34-26(33)15-6-4-7-16(12-15)28-24(31)21-20-9-10-27(36-20)22(21)25(32)29-17(19-8-5-11-35-19)13-18(30)14(2)23(27)29/h4-12,14,17,20-23H,3,13H2,1-2H3,(H,28,31)/t14?,17?,20-,21?,22+,23?,27+/m0/s1. The van der Waals surface area contributed by atoms with Crippen molar-refractivity contribution in [1.29, 1.82) is 0 Å². The van der Waals surface area contributed by atoms with E-state index in [2.05, 4.69) is 5.32 Å². The summed E-state index contributed by atoms with van der Waals surface area (Å²) in [5.74, 6) is -2.49. The monoisotopic (exact) mass is 490 g/mol. The van der Waals surface area contributed by atoms with Crippen molar-refractivity contribution in [2.24, 2.45) is 17.8 Å². The second kappa shape index (κ2) is 8.16. The third-order valence-corrected chi connectivity index (χ3v) is 7.90. The molecule has 7 atom stereocenters. The predicted molar refractivity (Wildman–Crippen MR) is 126 cm³/mol. The molecule has 2 amide bonds. The van der Waals surface area contributed by atoms with Crippen LogP contribution in [0, 0.1) is 17.8 Å². The number of hydrogen-bond acceptors (Lipinski definition) is 7. The number of nitrogens with zero attached hydrogens (tertiary/aromatic N) is 1. The molecule has 5 heterocycles. The highest BCUT2D eigenvalue weighted by molar-refractivity contribution is 6.01. The molecule has 4 unspecified atom stereocenters. The summed E-state index contributed by atoms with van der Waals surface area (Å²) in [6.45, 7) is 3.78. The molecule has 1 N–H and O–H groups in total. The van der Waals surface area contributed by atoms with E-state index < -0.39 is 47.5 Å². The molecule has 1 aromatic carbocycles. The summed E-state index contributed by atoms with van der Waals surface area (Å²) in [4.78, 5) is 54.4. The number of benzene rings is 1. The lowest BCUT2D eigenvalue weighted by atomic mass is 9.70. The third-order valence-electron chi connectivity index (χ3n) is 7.90. The Morgan fingerprint density at radius 2 is 2.06 bits per heavy atom. The Morgan fingerprint density at radius 1 is 1.22 bits per heavy atom. The average Bonchev–Trinajstić information content (AvgIpc) is 3.64. The largest absolute Gasteiger partial charge is 0.467 e. The van der Waals surface area contributed by atoms with Crippen LogP contribution in [-0.2, 0) is 23.9 Å². The number of carbonyl (C=O) groups is 4. The van der Waals surface area contributed by atoms with Gasteiger partial charge in [-0.25, -0.2) is 4.79 Å². The number of anilines is 1. The van der Waals surface area contributed by atoms with Crippen LogP contribution in [0.1, 0.15) is 42.4 Å². The van der Waals surface area contributed by atoms with Gasteiger partial charge in [-0.2, -0.15) is 0 Å². The first-order valence-corrected chi connectivity index (χ1v) is 12.2. The van der Waals surface area contributed by atoms with Crippen LogP contribution in [0.25, 0.3) is 0 Å². The van der Waals surface area contributed by atoms with Gasteiger partial charge in [0.05, 0.1) is 48.5 Å². The fraction of sp³-hybridized carbons (Fsp3) is 0.407. The fourth-order valence-corrected chi connectivity index (χ4v) is 6.43. The molecule has 0 radical (unpaired) electrons. The molecule has 6 rings (SSSR count). The highest BCUT2D eigenvalue weighted by Gasteiger charge is 2.74. The SMILES string of the molecule is CCOC(=O)c1cccc(NC(=O)C2[C@@H]3C=C[C@]4(O3)C3C(C)C(=O)CC(c5ccco5)N3C(=O)[C@@H]24)c1. The van der Waals surface area contributed by atoms with Gasteiger partial charge in [0.2, 0.25) is 11.8 Å². The molecule has 0 saturated carbocycles. The molecule has 0 aliphatic carbocycles. The van der Waals surface area contributed by atoms with E-state index in [0.717, 1.165) is 0 Å². The van der Waals surface area contributed by atoms with E-state index in [4.69, 9.17) is 13.9 Å². The predicted octanol–water partition coefficient (Wildman–Crippen LogP) is 2.90. The Balaban J connectivity index is 1.32. The minimum absolute atomic E-state index is 0.0320. The Bertz CT molecular complexity index is 1280. The zero-order chi connectivity index (χ0) is 25.2. The highest BCUT2D eigenvalue weighted by atomic mass is 16.5. The van der Waals surface area contributed by atoms with Crippen molar-refractivity contribution in [2.75, 3.05) is 11.9 Å².